The van der Waals surface area contributed by atoms with E-state index >= 15 is 0 Å². The standard InChI is InChI=1S/C8H11N5O/c1-12-4-10-6(9)5-7(12)11-8(14-3)13(5)2/h4,9H,1-3H3. The first-order valence-electron chi connectivity index (χ1n) is 4.11. The van der Waals surface area contributed by atoms with Gasteiger partial charge < -0.3 is 9.30 Å². The number of rotatable bonds is 1. The third-order valence-corrected chi connectivity index (χ3v) is 2.14. The van der Waals surface area contributed by atoms with Crippen LogP contribution in [0.15, 0.2) is 6.33 Å². The molecule has 2 aromatic rings. The van der Waals surface area contributed by atoms with Gasteiger partial charge in [0.05, 0.1) is 13.4 Å². The summed E-state index contributed by atoms with van der Waals surface area (Å²) < 4.78 is 8.54. The van der Waals surface area contributed by atoms with Crippen molar-refractivity contribution in [1.29, 1.82) is 5.41 Å². The molecule has 6 heteroatoms. The lowest BCUT2D eigenvalue weighted by molar-refractivity contribution is 0.368. The summed E-state index contributed by atoms with van der Waals surface area (Å²) in [6.07, 6.45) is 1.57. The number of nitrogens with zero attached hydrogens (tertiary/aromatic N) is 4. The smallest absolute Gasteiger partial charge is 0.298 e. The third kappa shape index (κ3) is 1.00. The molecule has 0 spiro atoms. The van der Waals surface area contributed by atoms with E-state index in [1.165, 1.54) is 0 Å². The number of imidazole rings is 1. The summed E-state index contributed by atoms with van der Waals surface area (Å²) in [5.41, 5.74) is 1.58. The van der Waals surface area contributed by atoms with Gasteiger partial charge in [0.15, 0.2) is 11.1 Å². The Kier molecular flexibility index (Phi) is 1.77. The Balaban J connectivity index is 2.98. The zero-order valence-electron chi connectivity index (χ0n) is 8.27. The average molecular weight is 193 g/mol. The molecular formula is C8H11N5O. The lowest BCUT2D eigenvalue weighted by Crippen LogP contribution is -2.12. The number of hydrogen-bond donors (Lipinski definition) is 1. The van der Waals surface area contributed by atoms with Crippen molar-refractivity contribution in [2.45, 2.75) is 0 Å². The molecular weight excluding hydrogens is 182 g/mol. The van der Waals surface area contributed by atoms with E-state index in [9.17, 15) is 0 Å². The Morgan fingerprint density at radius 1 is 1.43 bits per heavy atom. The van der Waals surface area contributed by atoms with Crippen LogP contribution in [-0.4, -0.2) is 26.2 Å². The minimum atomic E-state index is 0.205. The topological polar surface area (TPSA) is 68.7 Å². The van der Waals surface area contributed by atoms with Crippen LogP contribution in [0.25, 0.3) is 11.2 Å². The highest BCUT2D eigenvalue weighted by atomic mass is 16.5. The van der Waals surface area contributed by atoms with Crippen LogP contribution in [0.2, 0.25) is 0 Å². The highest BCUT2D eigenvalue weighted by molar-refractivity contribution is 5.71. The van der Waals surface area contributed by atoms with Crippen LogP contribution in [0.5, 0.6) is 6.01 Å². The van der Waals surface area contributed by atoms with Crippen molar-refractivity contribution in [3.05, 3.63) is 11.8 Å². The Morgan fingerprint density at radius 2 is 2.14 bits per heavy atom. The molecule has 14 heavy (non-hydrogen) atoms. The molecule has 0 aromatic carbocycles. The van der Waals surface area contributed by atoms with Gasteiger partial charge in [-0.2, -0.15) is 4.98 Å². The number of ether oxygens (including phenoxy) is 1. The third-order valence-electron chi connectivity index (χ3n) is 2.14. The van der Waals surface area contributed by atoms with Gasteiger partial charge in [0, 0.05) is 14.1 Å². The van der Waals surface area contributed by atoms with Crippen LogP contribution in [0.3, 0.4) is 0 Å². The summed E-state index contributed by atoms with van der Waals surface area (Å²) in [4.78, 5) is 8.16. The summed E-state index contributed by atoms with van der Waals surface area (Å²) in [7, 11) is 5.19. The molecule has 2 rings (SSSR count). The average Bonchev–Trinajstić information content (AvgIpc) is 2.51. The minimum absolute atomic E-state index is 0.205. The van der Waals surface area contributed by atoms with Crippen molar-refractivity contribution in [1.82, 2.24) is 19.1 Å². The molecule has 0 amide bonds. The molecule has 0 bridgehead atoms. The van der Waals surface area contributed by atoms with Crippen molar-refractivity contribution < 1.29 is 4.74 Å². The maximum atomic E-state index is 7.65. The second-order valence-corrected chi connectivity index (χ2v) is 3.03. The SMILES string of the molecule is COc1nc2c(c(=N)ncn2C)n1C. The number of nitrogens with one attached hydrogen (secondary N) is 1. The van der Waals surface area contributed by atoms with Crippen molar-refractivity contribution in [2.24, 2.45) is 14.1 Å². The molecule has 74 valence electrons. The second-order valence-electron chi connectivity index (χ2n) is 3.03. The summed E-state index contributed by atoms with van der Waals surface area (Å²) >= 11 is 0. The first kappa shape index (κ1) is 8.74. The molecule has 0 saturated carbocycles. The molecule has 0 fully saturated rings. The Morgan fingerprint density at radius 3 is 2.71 bits per heavy atom. The number of aryl methyl sites for hydroxylation is 2. The fourth-order valence-electron chi connectivity index (χ4n) is 1.42. The molecule has 1 N–H and O–H groups in total. The quantitative estimate of drug-likeness (QED) is 0.681. The first-order valence-corrected chi connectivity index (χ1v) is 4.11. The van der Waals surface area contributed by atoms with Gasteiger partial charge in [-0.25, -0.2) is 4.98 Å². The molecule has 6 nitrogen and oxygen atoms in total. The normalized spacial score (nSPS) is 10.8. The van der Waals surface area contributed by atoms with Crippen molar-refractivity contribution >= 4 is 11.2 Å². The van der Waals surface area contributed by atoms with Crippen LogP contribution in [0, 0.1) is 5.41 Å². The van der Waals surface area contributed by atoms with E-state index in [0.29, 0.717) is 17.2 Å². The van der Waals surface area contributed by atoms with E-state index in [1.54, 1.807) is 29.6 Å². The minimum Gasteiger partial charge on any atom is -0.468 e. The van der Waals surface area contributed by atoms with Crippen molar-refractivity contribution in [3.63, 3.8) is 0 Å². The lowest BCUT2D eigenvalue weighted by atomic mass is 10.5. The molecule has 2 aromatic heterocycles. The fourth-order valence-corrected chi connectivity index (χ4v) is 1.42. The van der Waals surface area contributed by atoms with E-state index in [4.69, 9.17) is 10.1 Å². The molecule has 2 heterocycles. The van der Waals surface area contributed by atoms with Crippen LogP contribution in [-0.2, 0) is 14.1 Å². The molecule has 0 unspecified atom stereocenters. The lowest BCUT2D eigenvalue weighted by Gasteiger charge is -1.99. The predicted octanol–water partition coefficient (Wildman–Crippen LogP) is -0.205. The number of fused-ring (bicyclic) bond motifs is 1. The summed E-state index contributed by atoms with van der Waals surface area (Å²) in [5, 5.41) is 7.65. The largest absolute Gasteiger partial charge is 0.468 e. The van der Waals surface area contributed by atoms with Gasteiger partial charge in [-0.15, -0.1) is 0 Å². The molecule has 0 radical (unpaired) electrons. The van der Waals surface area contributed by atoms with Crippen LogP contribution in [0.4, 0.5) is 0 Å². The van der Waals surface area contributed by atoms with Gasteiger partial charge in [-0.3, -0.25) is 9.98 Å². The highest BCUT2D eigenvalue weighted by Gasteiger charge is 2.11. The Bertz CT molecular complexity index is 538. The number of hydrogen-bond acceptors (Lipinski definition) is 4. The summed E-state index contributed by atoms with van der Waals surface area (Å²) in [5.74, 6) is 0. The Hall–Kier alpha value is -1.85. The van der Waals surface area contributed by atoms with Gasteiger partial charge in [0.2, 0.25) is 0 Å². The maximum absolute atomic E-state index is 7.65. The van der Waals surface area contributed by atoms with E-state index in [1.807, 2.05) is 7.05 Å². The van der Waals surface area contributed by atoms with Crippen molar-refractivity contribution in [3.8, 4) is 6.01 Å². The molecule has 0 aliphatic rings. The second kappa shape index (κ2) is 2.83. The van der Waals surface area contributed by atoms with Crippen LogP contribution < -0.4 is 10.2 Å². The predicted molar refractivity (Wildman–Crippen MR) is 49.9 cm³/mol. The molecule has 0 atom stereocenters. The maximum Gasteiger partial charge on any atom is 0.298 e. The van der Waals surface area contributed by atoms with Gasteiger partial charge in [-0.05, 0) is 0 Å². The van der Waals surface area contributed by atoms with Gasteiger partial charge in [0.25, 0.3) is 6.01 Å². The van der Waals surface area contributed by atoms with Crippen LogP contribution in [0.1, 0.15) is 0 Å². The molecule has 0 saturated heterocycles. The highest BCUT2D eigenvalue weighted by Crippen LogP contribution is 2.14. The number of aromatic nitrogens is 4. The zero-order chi connectivity index (χ0) is 10.3. The molecule has 0 aliphatic heterocycles. The van der Waals surface area contributed by atoms with Gasteiger partial charge in [-0.1, -0.05) is 0 Å². The van der Waals surface area contributed by atoms with Crippen LogP contribution >= 0.6 is 0 Å². The van der Waals surface area contributed by atoms with E-state index in [-0.39, 0.29) is 5.49 Å². The Labute approximate surface area is 80.3 Å². The number of methoxy groups -OCH3 is 1. The van der Waals surface area contributed by atoms with E-state index < -0.39 is 0 Å². The summed E-state index contributed by atoms with van der Waals surface area (Å²) in [6, 6.07) is 0.483. The zero-order valence-corrected chi connectivity index (χ0v) is 8.27. The first-order chi connectivity index (χ1) is 6.65. The molecule has 0 aliphatic carbocycles. The monoisotopic (exact) mass is 193 g/mol. The fraction of sp³-hybridized carbons (Fsp3) is 0.375. The van der Waals surface area contributed by atoms with Gasteiger partial charge in [0.1, 0.15) is 5.52 Å². The summed E-state index contributed by atoms with van der Waals surface area (Å²) in [6.45, 7) is 0. The van der Waals surface area contributed by atoms with E-state index in [0.717, 1.165) is 0 Å². The van der Waals surface area contributed by atoms with Gasteiger partial charge >= 0.3 is 0 Å². The van der Waals surface area contributed by atoms with E-state index in [2.05, 4.69) is 9.97 Å². The van der Waals surface area contributed by atoms with Crippen molar-refractivity contribution in [2.75, 3.05) is 7.11 Å².